The lowest BCUT2D eigenvalue weighted by Gasteiger charge is -2.33. The molecule has 0 bridgehead atoms. The molecule has 14 heteroatoms. The molecule has 3 aromatic heterocycles. The summed E-state index contributed by atoms with van der Waals surface area (Å²) in [7, 11) is -2.03. The number of hydrogen-bond acceptors (Lipinski definition) is 8. The van der Waals surface area contributed by atoms with Crippen LogP contribution in [0.1, 0.15) is 35.6 Å². The van der Waals surface area contributed by atoms with Crippen molar-refractivity contribution in [3.63, 3.8) is 0 Å². The maximum absolute atomic E-state index is 12.4. The summed E-state index contributed by atoms with van der Waals surface area (Å²) in [5, 5.41) is 28.9. The van der Waals surface area contributed by atoms with Gasteiger partial charge in [-0.1, -0.05) is 28.1 Å². The third-order valence-corrected chi connectivity index (χ3v) is 10.5. The van der Waals surface area contributed by atoms with Crippen molar-refractivity contribution in [3.8, 4) is 11.3 Å². The number of carbonyl (C=O) groups excluding carboxylic acids is 1. The average molecular weight is 688 g/mol. The Kier molecular flexibility index (Phi) is 8.54. The minimum absolute atomic E-state index is 0.156. The lowest BCUT2D eigenvalue weighted by molar-refractivity contribution is -0.603. The van der Waals surface area contributed by atoms with Gasteiger partial charge in [0.1, 0.15) is 0 Å². The summed E-state index contributed by atoms with van der Waals surface area (Å²) in [6, 6.07) is 9.40. The molecule has 2 aliphatic rings. The minimum atomic E-state index is -3.36. The smallest absolute Gasteiger partial charge is 0.418 e. The van der Waals surface area contributed by atoms with E-state index >= 15 is 0 Å². The number of piperidine rings is 1. The fraction of sp³-hybridized carbons (Fsp3) is 0.433. The first kappa shape index (κ1) is 30.7. The molecule has 0 radical (unpaired) electrons. The van der Waals surface area contributed by atoms with Gasteiger partial charge in [-0.3, -0.25) is 9.25 Å². The molecule has 0 spiro atoms. The molecule has 1 unspecified atom stereocenters. The predicted molar refractivity (Wildman–Crippen MR) is 167 cm³/mol. The number of benzene rings is 1. The number of pyridine rings is 1. The number of aliphatic hydroxyl groups excluding tert-OH is 1. The van der Waals surface area contributed by atoms with E-state index in [1.807, 2.05) is 28.9 Å². The molecule has 234 valence electrons. The van der Waals surface area contributed by atoms with Crippen molar-refractivity contribution in [1.29, 1.82) is 0 Å². The zero-order valence-electron chi connectivity index (χ0n) is 24.6. The van der Waals surface area contributed by atoms with Gasteiger partial charge in [-0.15, -0.1) is 0 Å². The highest BCUT2D eigenvalue weighted by molar-refractivity contribution is 9.10. The number of nitrogens with zero attached hydrogens (tertiary/aromatic N) is 6. The van der Waals surface area contributed by atoms with Gasteiger partial charge in [0.25, 0.3) is 0 Å². The van der Waals surface area contributed by atoms with Crippen molar-refractivity contribution in [3.05, 3.63) is 75.4 Å². The molecule has 6 rings (SSSR count). The van der Waals surface area contributed by atoms with Crippen LogP contribution in [0.4, 0.5) is 4.79 Å². The van der Waals surface area contributed by atoms with E-state index in [1.54, 1.807) is 12.3 Å². The van der Waals surface area contributed by atoms with Gasteiger partial charge in [0.15, 0.2) is 12.4 Å². The average Bonchev–Trinajstić information content (AvgIpc) is 3.55. The van der Waals surface area contributed by atoms with Gasteiger partial charge in [0.2, 0.25) is 10.0 Å². The van der Waals surface area contributed by atoms with Crippen LogP contribution in [0.5, 0.6) is 0 Å². The number of aliphatic hydroxyl groups is 1. The Morgan fingerprint density at radius 3 is 2.59 bits per heavy atom. The van der Waals surface area contributed by atoms with E-state index in [4.69, 9.17) is 9.84 Å². The zero-order valence-corrected chi connectivity index (χ0v) is 27.0. The molecule has 1 N–H and O–H groups in total. The molecule has 12 nitrogen and oxygen atoms in total. The topological polar surface area (TPSA) is 137 Å². The van der Waals surface area contributed by atoms with E-state index in [0.717, 1.165) is 68.6 Å². The fourth-order valence-electron chi connectivity index (χ4n) is 6.48. The van der Waals surface area contributed by atoms with Gasteiger partial charge in [-0.25, -0.2) is 13.2 Å². The summed E-state index contributed by atoms with van der Waals surface area (Å²) in [6.45, 7) is 2.90. The molecule has 1 atom stereocenters. The van der Waals surface area contributed by atoms with Crippen molar-refractivity contribution in [2.75, 3.05) is 39.5 Å². The maximum atomic E-state index is 12.4. The molecular weight excluding hydrogens is 652 g/mol. The Labute approximate surface area is 264 Å². The van der Waals surface area contributed by atoms with Crippen LogP contribution in [0.2, 0.25) is 0 Å². The van der Waals surface area contributed by atoms with E-state index < -0.39 is 22.2 Å². The Morgan fingerprint density at radius 2 is 1.91 bits per heavy atom. The number of fused-ring (bicyclic) bond motifs is 2. The third kappa shape index (κ3) is 6.13. The van der Waals surface area contributed by atoms with E-state index in [1.165, 1.54) is 34.6 Å². The first-order chi connectivity index (χ1) is 21.0. The molecule has 1 aromatic carbocycles. The van der Waals surface area contributed by atoms with Gasteiger partial charge in [-0.2, -0.15) is 14.1 Å². The van der Waals surface area contributed by atoms with E-state index in [9.17, 15) is 23.5 Å². The highest BCUT2D eigenvalue weighted by Gasteiger charge is 2.31. The molecule has 44 heavy (non-hydrogen) atoms. The van der Waals surface area contributed by atoms with E-state index in [-0.39, 0.29) is 12.5 Å². The second-order valence-corrected chi connectivity index (χ2v) is 14.5. The highest BCUT2D eigenvalue weighted by atomic mass is 79.9. The number of β-amino-alcohol motifs (C(OH)–C–C–N with tert-alkyl or cyclic N) is 1. The summed E-state index contributed by atoms with van der Waals surface area (Å²) in [5.41, 5.74) is 5.05. The van der Waals surface area contributed by atoms with Crippen LogP contribution in [0, 0.1) is 5.21 Å². The Balaban J connectivity index is 1.16. The van der Waals surface area contributed by atoms with E-state index in [0.29, 0.717) is 31.6 Å². The van der Waals surface area contributed by atoms with Crippen LogP contribution in [0.15, 0.2) is 53.4 Å². The van der Waals surface area contributed by atoms with Crippen molar-refractivity contribution < 1.29 is 27.8 Å². The quantitative estimate of drug-likeness (QED) is 0.231. The number of methoxy groups -OCH3 is 1. The number of rotatable bonds is 7. The molecule has 2 aliphatic heterocycles. The van der Waals surface area contributed by atoms with Gasteiger partial charge in [0.05, 0.1) is 42.6 Å². The largest absolute Gasteiger partial charge is 0.619 e. The lowest BCUT2D eigenvalue weighted by atomic mass is 9.89. The molecule has 1 fully saturated rings. The Morgan fingerprint density at radius 1 is 1.18 bits per heavy atom. The van der Waals surface area contributed by atoms with Crippen LogP contribution >= 0.6 is 15.9 Å². The number of halogens is 1. The van der Waals surface area contributed by atoms with Crippen LogP contribution in [-0.2, 0) is 34.3 Å². The van der Waals surface area contributed by atoms with Crippen molar-refractivity contribution >= 4 is 42.9 Å². The van der Waals surface area contributed by atoms with Crippen LogP contribution < -0.4 is 4.73 Å². The van der Waals surface area contributed by atoms with Crippen LogP contribution in [-0.4, -0.2) is 88.8 Å². The number of aromatic nitrogens is 4. The molecule has 0 saturated carbocycles. The highest BCUT2D eigenvalue weighted by Crippen LogP contribution is 2.35. The molecule has 0 amide bonds. The summed E-state index contributed by atoms with van der Waals surface area (Å²) in [6.07, 6.45) is 6.85. The number of sulfonamides is 1. The summed E-state index contributed by atoms with van der Waals surface area (Å²) in [5.74, 6) is 0.156. The Bertz CT molecular complexity index is 1800. The maximum Gasteiger partial charge on any atom is 0.418 e. The fourth-order valence-corrected chi connectivity index (χ4v) is 7.53. The first-order valence-electron chi connectivity index (χ1n) is 14.5. The normalized spacial score (nSPS) is 17.5. The van der Waals surface area contributed by atoms with Gasteiger partial charge in [0, 0.05) is 59.6 Å². The summed E-state index contributed by atoms with van der Waals surface area (Å²) >= 11 is 3.47. The SMILES string of the molecule is COC(=O)n1cc(C2CCN(CC(O)Cn3nc(-c4ccc(Br)cc4)c4c3CCN(S(C)(=O)=O)C4)CC2)c2c[n+]([O-])ccc21. The van der Waals surface area contributed by atoms with Crippen molar-refractivity contribution in [2.24, 2.45) is 0 Å². The van der Waals surface area contributed by atoms with Crippen molar-refractivity contribution in [2.45, 2.75) is 44.4 Å². The van der Waals surface area contributed by atoms with Gasteiger partial charge in [-0.05, 0) is 49.5 Å². The second kappa shape index (κ2) is 12.2. The van der Waals surface area contributed by atoms with E-state index in [2.05, 4.69) is 20.8 Å². The standard InChI is InChI=1S/C30H35BrN6O6S/c1-43-30(39)36-19-24(25-17-34(40)13-9-27(25)36)20-7-11-33(12-8-20)15-23(38)16-37-28-10-14-35(44(2,41)42)18-26(28)29(32-37)21-3-5-22(31)6-4-21/h3-6,9,13,17,19-20,23,38H,7-8,10-12,14-16,18H2,1-2H3. The zero-order chi connectivity index (χ0) is 31.2. The summed E-state index contributed by atoms with van der Waals surface area (Å²) in [4.78, 5) is 14.6. The number of carbonyl (C=O) groups is 1. The first-order valence-corrected chi connectivity index (χ1v) is 17.2. The molecular formula is C30H35BrN6O6S. The Hall–Kier alpha value is -3.30. The van der Waals surface area contributed by atoms with Gasteiger partial charge < -0.3 is 20.0 Å². The van der Waals surface area contributed by atoms with Crippen LogP contribution in [0.25, 0.3) is 22.2 Å². The summed E-state index contributed by atoms with van der Waals surface area (Å²) < 4.78 is 36.1. The van der Waals surface area contributed by atoms with Crippen molar-refractivity contribution in [1.82, 2.24) is 23.6 Å². The van der Waals surface area contributed by atoms with Gasteiger partial charge >= 0.3 is 6.09 Å². The second-order valence-electron chi connectivity index (χ2n) is 11.6. The predicted octanol–water partition coefficient (Wildman–Crippen LogP) is 3.07. The number of hydrogen-bond donors (Lipinski definition) is 1. The molecule has 4 aromatic rings. The number of ether oxygens (including phenoxy) is 1. The number of likely N-dealkylation sites (tertiary alicyclic amines) is 1. The van der Waals surface area contributed by atoms with Crippen LogP contribution in [0.3, 0.4) is 0 Å². The minimum Gasteiger partial charge on any atom is -0.619 e. The molecule has 0 aliphatic carbocycles. The third-order valence-electron chi connectivity index (χ3n) is 8.69. The monoisotopic (exact) mass is 686 g/mol. The lowest BCUT2D eigenvalue weighted by Crippen LogP contribution is -2.40. The molecule has 5 heterocycles. The molecule has 1 saturated heterocycles.